The van der Waals surface area contributed by atoms with E-state index >= 15 is 0 Å². The molecule has 1 aromatic rings. The molecule has 0 aromatic heterocycles. The highest BCUT2D eigenvalue weighted by atomic mass is 19.1. The van der Waals surface area contributed by atoms with Crippen molar-refractivity contribution >= 4 is 0 Å². The van der Waals surface area contributed by atoms with E-state index < -0.39 is 6.17 Å². The lowest BCUT2D eigenvalue weighted by atomic mass is 9.91. The van der Waals surface area contributed by atoms with Crippen molar-refractivity contribution in [3.05, 3.63) is 35.4 Å². The molecular weight excluding hydrogens is 201 g/mol. The highest BCUT2D eigenvalue weighted by Crippen LogP contribution is 2.21. The van der Waals surface area contributed by atoms with E-state index in [-0.39, 0.29) is 5.92 Å². The molecule has 0 saturated carbocycles. The van der Waals surface area contributed by atoms with E-state index in [4.69, 9.17) is 0 Å². The summed E-state index contributed by atoms with van der Waals surface area (Å²) in [5.41, 5.74) is 2.34. The number of nitrogens with one attached hydrogen (secondary N) is 1. The van der Waals surface area contributed by atoms with Crippen LogP contribution in [0.1, 0.15) is 24.0 Å². The van der Waals surface area contributed by atoms with E-state index in [2.05, 4.69) is 24.4 Å². The van der Waals surface area contributed by atoms with Crippen molar-refractivity contribution in [2.75, 3.05) is 13.1 Å². The third kappa shape index (κ3) is 3.05. The van der Waals surface area contributed by atoms with Gasteiger partial charge in [0.05, 0.1) is 0 Å². The van der Waals surface area contributed by atoms with Crippen LogP contribution in [-0.4, -0.2) is 19.3 Å². The van der Waals surface area contributed by atoms with E-state index in [1.165, 1.54) is 5.56 Å². The van der Waals surface area contributed by atoms with Gasteiger partial charge < -0.3 is 5.32 Å². The Bertz CT molecular complexity index is 331. The molecule has 2 unspecified atom stereocenters. The van der Waals surface area contributed by atoms with Crippen LogP contribution in [-0.2, 0) is 6.42 Å². The number of hydrogen-bond donors (Lipinski definition) is 1. The van der Waals surface area contributed by atoms with Crippen LogP contribution in [0.5, 0.6) is 0 Å². The normalized spacial score (nSPS) is 23.0. The van der Waals surface area contributed by atoms with Crippen molar-refractivity contribution in [3.8, 4) is 0 Å². The number of hydrogen-bond acceptors (Lipinski definition) is 1. The molecule has 1 aliphatic heterocycles. The Kier molecular flexibility index (Phi) is 3.94. The van der Waals surface area contributed by atoms with Crippen LogP contribution >= 0.6 is 0 Å². The van der Waals surface area contributed by atoms with Gasteiger partial charge in [-0.1, -0.05) is 29.8 Å². The SMILES string of the molecule is Cc1cccc(CC(F)C2CCCNC2)c1. The summed E-state index contributed by atoms with van der Waals surface area (Å²) in [6.07, 6.45) is 2.00. The molecule has 1 nitrogen and oxygen atoms in total. The van der Waals surface area contributed by atoms with Crippen molar-refractivity contribution in [1.82, 2.24) is 5.32 Å². The molecule has 1 aliphatic rings. The Balaban J connectivity index is 1.93. The van der Waals surface area contributed by atoms with Crippen molar-refractivity contribution in [2.45, 2.75) is 32.4 Å². The van der Waals surface area contributed by atoms with Crippen LogP contribution in [0.2, 0.25) is 0 Å². The van der Waals surface area contributed by atoms with Gasteiger partial charge in [0.1, 0.15) is 6.17 Å². The van der Waals surface area contributed by atoms with E-state index in [1.807, 2.05) is 12.1 Å². The maximum atomic E-state index is 14.1. The van der Waals surface area contributed by atoms with Gasteiger partial charge in [0.2, 0.25) is 0 Å². The predicted octanol–water partition coefficient (Wildman–Crippen LogP) is 2.88. The fourth-order valence-electron chi connectivity index (χ4n) is 2.42. The number of piperidine rings is 1. The molecule has 0 amide bonds. The Labute approximate surface area is 97.1 Å². The first kappa shape index (κ1) is 11.6. The zero-order chi connectivity index (χ0) is 11.4. The lowest BCUT2D eigenvalue weighted by Gasteiger charge is -2.25. The fraction of sp³-hybridized carbons (Fsp3) is 0.571. The lowest BCUT2D eigenvalue weighted by Crippen LogP contribution is -2.35. The first-order valence-electron chi connectivity index (χ1n) is 6.16. The summed E-state index contributed by atoms with van der Waals surface area (Å²) in [5.74, 6) is 0.203. The van der Waals surface area contributed by atoms with Crippen molar-refractivity contribution in [1.29, 1.82) is 0 Å². The van der Waals surface area contributed by atoms with Gasteiger partial charge in [-0.3, -0.25) is 0 Å². The Morgan fingerprint density at radius 1 is 1.50 bits per heavy atom. The smallest absolute Gasteiger partial charge is 0.108 e. The molecule has 1 fully saturated rings. The second kappa shape index (κ2) is 5.44. The topological polar surface area (TPSA) is 12.0 Å². The van der Waals surface area contributed by atoms with E-state index in [9.17, 15) is 4.39 Å². The van der Waals surface area contributed by atoms with Gasteiger partial charge in [0.25, 0.3) is 0 Å². The number of alkyl halides is 1. The summed E-state index contributed by atoms with van der Waals surface area (Å²) in [5, 5.41) is 3.27. The highest BCUT2D eigenvalue weighted by molar-refractivity contribution is 5.22. The zero-order valence-corrected chi connectivity index (χ0v) is 9.88. The number of halogens is 1. The van der Waals surface area contributed by atoms with Gasteiger partial charge in [-0.05, 0) is 31.9 Å². The molecule has 0 radical (unpaired) electrons. The largest absolute Gasteiger partial charge is 0.316 e. The van der Waals surface area contributed by atoms with Crippen LogP contribution < -0.4 is 5.32 Å². The van der Waals surface area contributed by atoms with Crippen LogP contribution in [0.3, 0.4) is 0 Å². The van der Waals surface area contributed by atoms with Gasteiger partial charge >= 0.3 is 0 Å². The third-order valence-corrected chi connectivity index (χ3v) is 3.36. The molecule has 2 atom stereocenters. The molecule has 0 bridgehead atoms. The number of rotatable bonds is 3. The molecule has 88 valence electrons. The average Bonchev–Trinajstić information content (AvgIpc) is 2.30. The molecule has 16 heavy (non-hydrogen) atoms. The molecule has 2 rings (SSSR count). The lowest BCUT2D eigenvalue weighted by molar-refractivity contribution is 0.191. The first-order valence-corrected chi connectivity index (χ1v) is 6.16. The van der Waals surface area contributed by atoms with Gasteiger partial charge in [-0.15, -0.1) is 0 Å². The molecule has 0 spiro atoms. The first-order chi connectivity index (χ1) is 7.75. The second-order valence-electron chi connectivity index (χ2n) is 4.82. The summed E-state index contributed by atoms with van der Waals surface area (Å²) in [4.78, 5) is 0. The Hall–Kier alpha value is -0.890. The van der Waals surface area contributed by atoms with E-state index in [0.29, 0.717) is 6.42 Å². The summed E-state index contributed by atoms with van der Waals surface area (Å²) in [6, 6.07) is 8.17. The van der Waals surface area contributed by atoms with E-state index in [0.717, 1.165) is 31.5 Å². The Morgan fingerprint density at radius 3 is 3.06 bits per heavy atom. The van der Waals surface area contributed by atoms with Crippen molar-refractivity contribution in [2.24, 2.45) is 5.92 Å². The number of aryl methyl sites for hydroxylation is 1. The average molecular weight is 221 g/mol. The van der Waals surface area contributed by atoms with Crippen LogP contribution in [0.15, 0.2) is 24.3 Å². The van der Waals surface area contributed by atoms with Crippen molar-refractivity contribution < 1.29 is 4.39 Å². The molecule has 0 aliphatic carbocycles. The van der Waals surface area contributed by atoms with Gasteiger partial charge in [-0.2, -0.15) is 0 Å². The molecule has 1 heterocycles. The van der Waals surface area contributed by atoms with Crippen LogP contribution in [0.4, 0.5) is 4.39 Å². The standard InChI is InChI=1S/C14H20FN/c1-11-4-2-5-12(8-11)9-14(15)13-6-3-7-16-10-13/h2,4-5,8,13-14,16H,3,6-7,9-10H2,1H3. The fourth-order valence-corrected chi connectivity index (χ4v) is 2.42. The molecule has 1 saturated heterocycles. The van der Waals surface area contributed by atoms with Gasteiger partial charge in [0, 0.05) is 18.9 Å². The maximum Gasteiger partial charge on any atom is 0.108 e. The minimum atomic E-state index is -0.699. The summed E-state index contributed by atoms with van der Waals surface area (Å²) < 4.78 is 14.1. The number of benzene rings is 1. The molecule has 1 aromatic carbocycles. The second-order valence-corrected chi connectivity index (χ2v) is 4.82. The predicted molar refractivity (Wildman–Crippen MR) is 65.4 cm³/mol. The van der Waals surface area contributed by atoms with Crippen LogP contribution in [0, 0.1) is 12.8 Å². The minimum Gasteiger partial charge on any atom is -0.316 e. The van der Waals surface area contributed by atoms with E-state index in [1.54, 1.807) is 0 Å². The highest BCUT2D eigenvalue weighted by Gasteiger charge is 2.23. The molecule has 2 heteroatoms. The van der Waals surface area contributed by atoms with Gasteiger partial charge in [-0.25, -0.2) is 4.39 Å². The minimum absolute atomic E-state index is 0.203. The quantitative estimate of drug-likeness (QED) is 0.827. The summed E-state index contributed by atoms with van der Waals surface area (Å²) >= 11 is 0. The molecular formula is C14H20FN. The van der Waals surface area contributed by atoms with Gasteiger partial charge in [0.15, 0.2) is 0 Å². The summed E-state index contributed by atoms with van der Waals surface area (Å²) in [7, 11) is 0. The monoisotopic (exact) mass is 221 g/mol. The summed E-state index contributed by atoms with van der Waals surface area (Å²) in [6.45, 7) is 3.94. The maximum absolute atomic E-state index is 14.1. The van der Waals surface area contributed by atoms with Crippen molar-refractivity contribution in [3.63, 3.8) is 0 Å². The third-order valence-electron chi connectivity index (χ3n) is 3.36. The zero-order valence-electron chi connectivity index (χ0n) is 9.88. The van der Waals surface area contributed by atoms with Crippen LogP contribution in [0.25, 0.3) is 0 Å². The molecule has 1 N–H and O–H groups in total. The Morgan fingerprint density at radius 2 is 2.38 bits per heavy atom.